The minimum Gasteiger partial charge on any atom is -0.462 e. The van der Waals surface area contributed by atoms with Gasteiger partial charge in [0.15, 0.2) is 6.10 Å². The first kappa shape index (κ1) is 46.4. The molecule has 0 rings (SSSR count). The van der Waals surface area contributed by atoms with Crippen LogP contribution < -0.4 is 0 Å². The van der Waals surface area contributed by atoms with Crippen LogP contribution in [0.15, 0.2) is 24.3 Å². The number of carbonyl (C=O) groups excluding carboxylic acids is 2. The number of esters is 2. The summed E-state index contributed by atoms with van der Waals surface area (Å²) in [6, 6.07) is 0. The van der Waals surface area contributed by atoms with E-state index in [4.69, 9.17) is 9.47 Å². The first-order chi connectivity index (χ1) is 23.6. The fourth-order valence-electron chi connectivity index (χ4n) is 6.01. The van der Waals surface area contributed by atoms with E-state index in [1.807, 2.05) is 0 Å². The standard InChI is InChI=1S/C43H80O5/c1-3-5-7-9-11-13-15-17-19-20-21-22-24-25-27-29-31-33-35-37-42(45)47-40-41(39-44)48-43(46)38-36-34-32-30-28-26-23-18-16-14-12-10-8-6-4-2/h17-19,23,41,44H,3-16,20-22,24-40H2,1-2H3/t41-/m0/s1. The van der Waals surface area contributed by atoms with E-state index in [1.165, 1.54) is 148 Å². The van der Waals surface area contributed by atoms with Crippen LogP contribution in [0.3, 0.4) is 0 Å². The zero-order valence-corrected chi connectivity index (χ0v) is 32.0. The molecule has 0 fully saturated rings. The average molecular weight is 677 g/mol. The van der Waals surface area contributed by atoms with Crippen molar-refractivity contribution in [3.63, 3.8) is 0 Å². The van der Waals surface area contributed by atoms with Crippen LogP contribution in [-0.4, -0.2) is 36.4 Å². The van der Waals surface area contributed by atoms with Crippen LogP contribution in [0, 0.1) is 0 Å². The first-order valence-electron chi connectivity index (χ1n) is 20.9. The molecule has 0 radical (unpaired) electrons. The number of rotatable bonds is 38. The number of ether oxygens (including phenoxy) is 2. The summed E-state index contributed by atoms with van der Waals surface area (Å²) in [6.07, 6.45) is 46.7. The van der Waals surface area contributed by atoms with Crippen molar-refractivity contribution in [2.75, 3.05) is 13.2 Å². The summed E-state index contributed by atoms with van der Waals surface area (Å²) in [4.78, 5) is 24.3. The molecule has 0 aromatic heterocycles. The van der Waals surface area contributed by atoms with Crippen molar-refractivity contribution in [1.29, 1.82) is 0 Å². The quantitative estimate of drug-likeness (QED) is 0.0400. The minimum atomic E-state index is -0.772. The molecule has 5 nitrogen and oxygen atoms in total. The topological polar surface area (TPSA) is 72.8 Å². The molecule has 0 amide bonds. The second-order valence-corrected chi connectivity index (χ2v) is 14.1. The number of unbranched alkanes of at least 4 members (excludes halogenated alkanes) is 26. The molecule has 5 heteroatoms. The van der Waals surface area contributed by atoms with Crippen LogP contribution in [0.2, 0.25) is 0 Å². The summed E-state index contributed by atoms with van der Waals surface area (Å²) < 4.78 is 10.6. The molecule has 1 atom stereocenters. The second kappa shape index (κ2) is 39.8. The van der Waals surface area contributed by atoms with Gasteiger partial charge in [0.05, 0.1) is 6.61 Å². The summed E-state index contributed by atoms with van der Waals surface area (Å²) in [5.41, 5.74) is 0. The van der Waals surface area contributed by atoms with E-state index in [9.17, 15) is 14.7 Å². The molecule has 0 bridgehead atoms. The summed E-state index contributed by atoms with van der Waals surface area (Å²) >= 11 is 0. The van der Waals surface area contributed by atoms with Crippen molar-refractivity contribution in [1.82, 2.24) is 0 Å². The molecule has 0 unspecified atom stereocenters. The van der Waals surface area contributed by atoms with Crippen LogP contribution >= 0.6 is 0 Å². The zero-order chi connectivity index (χ0) is 35.0. The maximum absolute atomic E-state index is 12.2. The highest BCUT2D eigenvalue weighted by Crippen LogP contribution is 2.14. The SMILES string of the molecule is CCCCCCCCC=CCCCCCCCCCCCC(=O)OC[C@H](CO)OC(=O)CCCCCCCC=CCCCCCCCC. The van der Waals surface area contributed by atoms with Crippen LogP contribution in [0.5, 0.6) is 0 Å². The Kier molecular flexibility index (Phi) is 38.5. The third kappa shape index (κ3) is 37.2. The largest absolute Gasteiger partial charge is 0.462 e. The smallest absolute Gasteiger partial charge is 0.306 e. The fourth-order valence-corrected chi connectivity index (χ4v) is 6.01. The first-order valence-corrected chi connectivity index (χ1v) is 20.9. The van der Waals surface area contributed by atoms with Crippen molar-refractivity contribution in [3.05, 3.63) is 24.3 Å². The van der Waals surface area contributed by atoms with Gasteiger partial charge in [-0.2, -0.15) is 0 Å². The summed E-state index contributed by atoms with van der Waals surface area (Å²) in [7, 11) is 0. The number of allylic oxidation sites excluding steroid dienone is 4. The summed E-state index contributed by atoms with van der Waals surface area (Å²) in [6.45, 7) is 4.13. The lowest BCUT2D eigenvalue weighted by atomic mass is 10.1. The molecule has 0 saturated carbocycles. The Labute approximate surface area is 298 Å². The normalized spacial score (nSPS) is 12.3. The van der Waals surface area contributed by atoms with Gasteiger partial charge in [0.25, 0.3) is 0 Å². The second-order valence-electron chi connectivity index (χ2n) is 14.1. The van der Waals surface area contributed by atoms with Gasteiger partial charge in [0.2, 0.25) is 0 Å². The zero-order valence-electron chi connectivity index (χ0n) is 32.0. The lowest BCUT2D eigenvalue weighted by Crippen LogP contribution is -2.28. The molecule has 0 saturated heterocycles. The Morgan fingerprint density at radius 2 is 0.771 bits per heavy atom. The van der Waals surface area contributed by atoms with Gasteiger partial charge in [-0.25, -0.2) is 0 Å². The molecule has 0 heterocycles. The van der Waals surface area contributed by atoms with E-state index in [-0.39, 0.29) is 25.2 Å². The molecule has 0 aliphatic rings. The third-order valence-corrected chi connectivity index (χ3v) is 9.22. The van der Waals surface area contributed by atoms with E-state index in [2.05, 4.69) is 38.2 Å². The highest BCUT2D eigenvalue weighted by atomic mass is 16.6. The van der Waals surface area contributed by atoms with E-state index in [1.54, 1.807) is 0 Å². The minimum absolute atomic E-state index is 0.0671. The Balaban J connectivity index is 3.53. The van der Waals surface area contributed by atoms with Crippen molar-refractivity contribution in [3.8, 4) is 0 Å². The van der Waals surface area contributed by atoms with Crippen LogP contribution in [0.4, 0.5) is 0 Å². The highest BCUT2D eigenvalue weighted by molar-refractivity contribution is 5.70. The van der Waals surface area contributed by atoms with Crippen molar-refractivity contribution < 1.29 is 24.2 Å². The lowest BCUT2D eigenvalue weighted by Gasteiger charge is -2.15. The van der Waals surface area contributed by atoms with Crippen molar-refractivity contribution >= 4 is 11.9 Å². The maximum atomic E-state index is 12.2. The van der Waals surface area contributed by atoms with Crippen LogP contribution in [0.25, 0.3) is 0 Å². The summed E-state index contributed by atoms with van der Waals surface area (Å²) in [5, 5.41) is 9.56. The number of hydrogen-bond donors (Lipinski definition) is 1. The molecule has 282 valence electrons. The molecular weight excluding hydrogens is 596 g/mol. The van der Waals surface area contributed by atoms with Gasteiger partial charge in [-0.05, 0) is 64.2 Å². The molecule has 48 heavy (non-hydrogen) atoms. The Hall–Kier alpha value is -1.62. The fraction of sp³-hybridized carbons (Fsp3) is 0.860. The Morgan fingerprint density at radius 3 is 1.12 bits per heavy atom. The number of aliphatic hydroxyl groups excluding tert-OH is 1. The van der Waals surface area contributed by atoms with Gasteiger partial charge < -0.3 is 14.6 Å². The van der Waals surface area contributed by atoms with Gasteiger partial charge >= 0.3 is 11.9 Å². The van der Waals surface area contributed by atoms with E-state index in [0.717, 1.165) is 44.9 Å². The van der Waals surface area contributed by atoms with Gasteiger partial charge in [0, 0.05) is 12.8 Å². The maximum Gasteiger partial charge on any atom is 0.306 e. The van der Waals surface area contributed by atoms with Gasteiger partial charge in [-0.15, -0.1) is 0 Å². The third-order valence-electron chi connectivity index (χ3n) is 9.22. The highest BCUT2D eigenvalue weighted by Gasteiger charge is 2.16. The number of carbonyl (C=O) groups is 2. The predicted octanol–water partition coefficient (Wildman–Crippen LogP) is 13.1. The number of hydrogen-bond acceptors (Lipinski definition) is 5. The van der Waals surface area contributed by atoms with E-state index < -0.39 is 6.10 Å². The molecule has 0 aromatic rings. The summed E-state index contributed by atoms with van der Waals surface area (Å²) in [5.74, 6) is -0.596. The Bertz CT molecular complexity index is 731. The molecule has 0 aliphatic heterocycles. The lowest BCUT2D eigenvalue weighted by molar-refractivity contribution is -0.161. The molecule has 0 spiro atoms. The van der Waals surface area contributed by atoms with Crippen molar-refractivity contribution in [2.24, 2.45) is 0 Å². The molecule has 0 aliphatic carbocycles. The van der Waals surface area contributed by atoms with E-state index in [0.29, 0.717) is 12.8 Å². The Morgan fingerprint density at radius 1 is 0.458 bits per heavy atom. The predicted molar refractivity (Wildman–Crippen MR) is 205 cm³/mol. The molecular formula is C43H80O5. The van der Waals surface area contributed by atoms with Gasteiger partial charge in [0.1, 0.15) is 6.61 Å². The monoisotopic (exact) mass is 677 g/mol. The van der Waals surface area contributed by atoms with Gasteiger partial charge in [-0.1, -0.05) is 167 Å². The molecule has 1 N–H and O–H groups in total. The average Bonchev–Trinajstić information content (AvgIpc) is 3.09. The van der Waals surface area contributed by atoms with Gasteiger partial charge in [-0.3, -0.25) is 9.59 Å². The van der Waals surface area contributed by atoms with Crippen molar-refractivity contribution in [2.45, 2.75) is 225 Å². The van der Waals surface area contributed by atoms with Crippen LogP contribution in [0.1, 0.15) is 219 Å². The molecule has 0 aromatic carbocycles. The number of aliphatic hydroxyl groups is 1. The van der Waals surface area contributed by atoms with Crippen LogP contribution in [-0.2, 0) is 19.1 Å². The van der Waals surface area contributed by atoms with E-state index >= 15 is 0 Å².